The highest BCUT2D eigenvalue weighted by atomic mass is 15.3. The maximum Gasteiger partial charge on any atom is 0.191 e. The smallest absolute Gasteiger partial charge is 0.191 e. The molecule has 0 aliphatic carbocycles. The maximum absolute atomic E-state index is 4.92. The van der Waals surface area contributed by atoms with Crippen LogP contribution in [0.2, 0.25) is 0 Å². The predicted octanol–water partition coefficient (Wildman–Crippen LogP) is 3.22. The molecule has 0 amide bonds. The van der Waals surface area contributed by atoms with E-state index in [0.29, 0.717) is 12.0 Å². The maximum atomic E-state index is 4.92. The van der Waals surface area contributed by atoms with E-state index in [-0.39, 0.29) is 6.04 Å². The molecule has 1 aromatic heterocycles. The summed E-state index contributed by atoms with van der Waals surface area (Å²) in [6, 6.07) is 0.587. The Kier molecular flexibility index (Phi) is 10.7. The molecule has 0 radical (unpaired) electrons. The quantitative estimate of drug-likeness (QED) is 0.320. The molecule has 2 unspecified atom stereocenters. The van der Waals surface area contributed by atoms with E-state index in [4.69, 9.17) is 4.99 Å². The second-order valence-corrected chi connectivity index (χ2v) is 8.08. The molecule has 0 saturated carbocycles. The topological polar surface area (TPSA) is 57.5 Å². The van der Waals surface area contributed by atoms with E-state index >= 15 is 0 Å². The van der Waals surface area contributed by atoms with Gasteiger partial charge < -0.3 is 10.6 Å². The first kappa shape index (κ1) is 25.0. The third kappa shape index (κ3) is 7.69. The normalized spacial score (nSPS) is 14.2. The summed E-state index contributed by atoms with van der Waals surface area (Å²) in [5.41, 5.74) is 3.64. The SMILES string of the molecule is C=CCN(CC=C)C(CN=C(NCC)NC(C)Cc1c(C)nn(C)c1C)C(C)C. The predicted molar refractivity (Wildman–Crippen MR) is 126 cm³/mol. The average Bonchev–Trinajstić information content (AvgIpc) is 2.88. The van der Waals surface area contributed by atoms with Gasteiger partial charge in [-0.05, 0) is 45.6 Å². The summed E-state index contributed by atoms with van der Waals surface area (Å²) in [5.74, 6) is 1.35. The number of aromatic nitrogens is 2. The van der Waals surface area contributed by atoms with Gasteiger partial charge in [-0.3, -0.25) is 14.6 Å². The highest BCUT2D eigenvalue weighted by Gasteiger charge is 2.20. The van der Waals surface area contributed by atoms with Crippen LogP contribution >= 0.6 is 0 Å². The molecule has 0 aliphatic heterocycles. The van der Waals surface area contributed by atoms with Crippen LogP contribution in [0, 0.1) is 19.8 Å². The minimum atomic E-state index is 0.254. The van der Waals surface area contributed by atoms with Gasteiger partial charge in [0.25, 0.3) is 0 Å². The van der Waals surface area contributed by atoms with Crippen molar-refractivity contribution >= 4 is 5.96 Å². The number of aliphatic imine (C=N–C) groups is 1. The molecule has 6 nitrogen and oxygen atoms in total. The standard InChI is InChI=1S/C23H42N6/c1-10-13-29(14-11-2)22(17(4)5)16-25-23(24-12-3)26-18(6)15-21-19(7)27-28(9)20(21)8/h10-11,17-18,22H,1-2,12-16H2,3-9H3,(H2,24,25,26). The van der Waals surface area contributed by atoms with Crippen molar-refractivity contribution < 1.29 is 0 Å². The Balaban J connectivity index is 2.88. The van der Waals surface area contributed by atoms with E-state index in [0.717, 1.165) is 44.3 Å². The van der Waals surface area contributed by atoms with Gasteiger partial charge >= 0.3 is 0 Å². The third-order valence-corrected chi connectivity index (χ3v) is 5.30. The van der Waals surface area contributed by atoms with Crippen molar-refractivity contribution in [3.05, 3.63) is 42.3 Å². The number of hydrogen-bond acceptors (Lipinski definition) is 3. The highest BCUT2D eigenvalue weighted by Crippen LogP contribution is 2.14. The Morgan fingerprint density at radius 3 is 2.28 bits per heavy atom. The van der Waals surface area contributed by atoms with Crippen LogP contribution in [0.3, 0.4) is 0 Å². The zero-order chi connectivity index (χ0) is 22.0. The fourth-order valence-corrected chi connectivity index (χ4v) is 3.63. The lowest BCUT2D eigenvalue weighted by Crippen LogP contribution is -2.45. The number of rotatable bonds is 12. The van der Waals surface area contributed by atoms with Crippen LogP contribution in [-0.2, 0) is 13.5 Å². The van der Waals surface area contributed by atoms with Crippen molar-refractivity contribution in [2.45, 2.75) is 60.0 Å². The first-order valence-electron chi connectivity index (χ1n) is 10.7. The monoisotopic (exact) mass is 402 g/mol. The average molecular weight is 403 g/mol. The molecule has 0 bridgehead atoms. The molecule has 0 saturated heterocycles. The second-order valence-electron chi connectivity index (χ2n) is 8.08. The molecule has 0 fully saturated rings. The number of hydrogen-bond donors (Lipinski definition) is 2. The Bertz CT molecular complexity index is 663. The van der Waals surface area contributed by atoms with Gasteiger partial charge in [0.05, 0.1) is 12.2 Å². The number of guanidine groups is 1. The molecular formula is C23H42N6. The summed E-state index contributed by atoms with van der Waals surface area (Å²) in [7, 11) is 2.00. The Morgan fingerprint density at radius 1 is 1.21 bits per heavy atom. The molecule has 1 heterocycles. The van der Waals surface area contributed by atoms with Gasteiger partial charge in [0.2, 0.25) is 0 Å². The van der Waals surface area contributed by atoms with Gasteiger partial charge in [-0.1, -0.05) is 26.0 Å². The molecule has 29 heavy (non-hydrogen) atoms. The van der Waals surface area contributed by atoms with Crippen molar-refractivity contribution in [2.24, 2.45) is 18.0 Å². The highest BCUT2D eigenvalue weighted by molar-refractivity contribution is 5.80. The largest absolute Gasteiger partial charge is 0.357 e. The molecule has 1 rings (SSSR count). The third-order valence-electron chi connectivity index (χ3n) is 5.30. The van der Waals surface area contributed by atoms with Crippen LogP contribution in [0.15, 0.2) is 30.3 Å². The fraction of sp³-hybridized carbons (Fsp3) is 0.652. The summed E-state index contributed by atoms with van der Waals surface area (Å²) in [4.78, 5) is 7.29. The van der Waals surface area contributed by atoms with E-state index < -0.39 is 0 Å². The van der Waals surface area contributed by atoms with E-state index in [2.05, 4.69) is 75.3 Å². The van der Waals surface area contributed by atoms with E-state index in [9.17, 15) is 0 Å². The Morgan fingerprint density at radius 2 is 1.83 bits per heavy atom. The summed E-state index contributed by atoms with van der Waals surface area (Å²) in [6.07, 6.45) is 4.82. The van der Waals surface area contributed by atoms with Gasteiger partial charge in [-0.2, -0.15) is 5.10 Å². The van der Waals surface area contributed by atoms with Crippen molar-refractivity contribution in [3.8, 4) is 0 Å². The van der Waals surface area contributed by atoms with Gasteiger partial charge in [-0.15, -0.1) is 13.2 Å². The van der Waals surface area contributed by atoms with Crippen LogP contribution in [0.25, 0.3) is 0 Å². The van der Waals surface area contributed by atoms with Gasteiger partial charge in [0.15, 0.2) is 5.96 Å². The molecular weight excluding hydrogens is 360 g/mol. The fourth-order valence-electron chi connectivity index (χ4n) is 3.63. The van der Waals surface area contributed by atoms with Crippen LogP contribution < -0.4 is 10.6 Å². The van der Waals surface area contributed by atoms with Crippen molar-refractivity contribution in [2.75, 3.05) is 26.2 Å². The number of aryl methyl sites for hydroxylation is 2. The molecule has 0 aliphatic rings. The minimum absolute atomic E-state index is 0.254. The minimum Gasteiger partial charge on any atom is -0.357 e. The molecule has 0 aromatic carbocycles. The second kappa shape index (κ2) is 12.5. The lowest BCUT2D eigenvalue weighted by Gasteiger charge is -2.32. The van der Waals surface area contributed by atoms with Gasteiger partial charge in [-0.25, -0.2) is 0 Å². The lowest BCUT2D eigenvalue weighted by atomic mass is 10.0. The van der Waals surface area contributed by atoms with Crippen LogP contribution in [-0.4, -0.2) is 58.9 Å². The van der Waals surface area contributed by atoms with Gasteiger partial charge in [0.1, 0.15) is 0 Å². The first-order chi connectivity index (χ1) is 13.7. The van der Waals surface area contributed by atoms with Crippen LogP contribution in [0.4, 0.5) is 0 Å². The summed E-state index contributed by atoms with van der Waals surface area (Å²) < 4.78 is 1.96. The zero-order valence-electron chi connectivity index (χ0n) is 19.6. The summed E-state index contributed by atoms with van der Waals surface area (Å²) in [6.45, 7) is 24.0. The molecule has 164 valence electrons. The van der Waals surface area contributed by atoms with Crippen molar-refractivity contribution in [1.82, 2.24) is 25.3 Å². The lowest BCUT2D eigenvalue weighted by molar-refractivity contribution is 0.195. The molecule has 2 atom stereocenters. The summed E-state index contributed by atoms with van der Waals surface area (Å²) >= 11 is 0. The Hall–Kier alpha value is -2.08. The van der Waals surface area contributed by atoms with Crippen LogP contribution in [0.5, 0.6) is 0 Å². The molecule has 6 heteroatoms. The van der Waals surface area contributed by atoms with Gasteiger partial charge in [0, 0.05) is 44.5 Å². The van der Waals surface area contributed by atoms with E-state index in [1.54, 1.807) is 0 Å². The van der Waals surface area contributed by atoms with E-state index in [1.165, 1.54) is 11.3 Å². The molecule has 1 aromatic rings. The van der Waals surface area contributed by atoms with Crippen molar-refractivity contribution in [1.29, 1.82) is 0 Å². The molecule has 0 spiro atoms. The first-order valence-corrected chi connectivity index (χ1v) is 10.7. The van der Waals surface area contributed by atoms with Crippen molar-refractivity contribution in [3.63, 3.8) is 0 Å². The van der Waals surface area contributed by atoms with E-state index in [1.807, 2.05) is 23.9 Å². The zero-order valence-corrected chi connectivity index (χ0v) is 19.6. The van der Waals surface area contributed by atoms with Crippen LogP contribution in [0.1, 0.15) is 44.6 Å². The molecule has 2 N–H and O–H groups in total. The Labute approximate surface area is 178 Å². The number of nitrogens with one attached hydrogen (secondary N) is 2. The number of nitrogens with zero attached hydrogens (tertiary/aromatic N) is 4. The summed E-state index contributed by atoms with van der Waals surface area (Å²) in [5, 5.41) is 11.5.